The fourth-order valence-corrected chi connectivity index (χ4v) is 1.93. The van der Waals surface area contributed by atoms with Crippen molar-refractivity contribution in [1.82, 2.24) is 10.3 Å². The molecule has 0 amide bonds. The van der Waals surface area contributed by atoms with Gasteiger partial charge < -0.3 is 10.2 Å². The van der Waals surface area contributed by atoms with Crippen molar-refractivity contribution in [3.63, 3.8) is 0 Å². The first-order valence-corrected chi connectivity index (χ1v) is 6.96. The third-order valence-corrected chi connectivity index (χ3v) is 3.42. The molecule has 0 aliphatic heterocycles. The number of hydrogen-bond acceptors (Lipinski definition) is 3. The number of anilines is 1. The van der Waals surface area contributed by atoms with Crippen molar-refractivity contribution >= 4 is 5.82 Å². The highest BCUT2D eigenvalue weighted by Crippen LogP contribution is 2.15. The van der Waals surface area contributed by atoms with Crippen LogP contribution in [0, 0.1) is 12.8 Å². The van der Waals surface area contributed by atoms with E-state index in [0.717, 1.165) is 31.1 Å². The van der Waals surface area contributed by atoms with Crippen LogP contribution in [-0.2, 0) is 6.54 Å². The molecule has 3 nitrogen and oxygen atoms in total. The summed E-state index contributed by atoms with van der Waals surface area (Å²) in [6.45, 7) is 11.7. The molecule has 18 heavy (non-hydrogen) atoms. The summed E-state index contributed by atoms with van der Waals surface area (Å²) >= 11 is 0. The molecule has 0 bridgehead atoms. The zero-order valence-corrected chi connectivity index (χ0v) is 12.5. The Kier molecular flexibility index (Phi) is 6.13. The van der Waals surface area contributed by atoms with Crippen molar-refractivity contribution in [2.24, 2.45) is 5.92 Å². The standard InChI is InChI=1S/C15H27N3/c1-6-12(3)11-18(5)15-9-8-14(10-16-7-2)13(4)17-15/h8-9,12,16H,6-7,10-11H2,1-5H3. The smallest absolute Gasteiger partial charge is 0.128 e. The largest absolute Gasteiger partial charge is 0.359 e. The fourth-order valence-electron chi connectivity index (χ4n) is 1.93. The topological polar surface area (TPSA) is 28.2 Å². The lowest BCUT2D eigenvalue weighted by Crippen LogP contribution is -2.25. The van der Waals surface area contributed by atoms with E-state index in [2.05, 4.69) is 57.1 Å². The van der Waals surface area contributed by atoms with Crippen LogP contribution in [0.2, 0.25) is 0 Å². The summed E-state index contributed by atoms with van der Waals surface area (Å²) in [5.41, 5.74) is 2.42. The molecule has 0 aliphatic carbocycles. The van der Waals surface area contributed by atoms with E-state index in [9.17, 15) is 0 Å². The lowest BCUT2D eigenvalue weighted by atomic mass is 10.1. The van der Waals surface area contributed by atoms with Gasteiger partial charge in [-0.3, -0.25) is 0 Å². The molecule has 0 fully saturated rings. The average Bonchev–Trinajstić information content (AvgIpc) is 2.37. The maximum Gasteiger partial charge on any atom is 0.128 e. The Labute approximate surface area is 112 Å². The number of nitrogens with zero attached hydrogens (tertiary/aromatic N) is 2. The van der Waals surface area contributed by atoms with E-state index >= 15 is 0 Å². The quantitative estimate of drug-likeness (QED) is 0.805. The summed E-state index contributed by atoms with van der Waals surface area (Å²) < 4.78 is 0. The maximum absolute atomic E-state index is 4.70. The fraction of sp³-hybridized carbons (Fsp3) is 0.667. The number of aromatic nitrogens is 1. The van der Waals surface area contributed by atoms with Gasteiger partial charge in [0.25, 0.3) is 0 Å². The molecule has 1 N–H and O–H groups in total. The molecule has 0 aliphatic rings. The van der Waals surface area contributed by atoms with Crippen LogP contribution >= 0.6 is 0 Å². The highest BCUT2D eigenvalue weighted by atomic mass is 15.2. The average molecular weight is 249 g/mol. The number of nitrogens with one attached hydrogen (secondary N) is 1. The molecule has 0 saturated carbocycles. The van der Waals surface area contributed by atoms with E-state index in [1.165, 1.54) is 12.0 Å². The minimum absolute atomic E-state index is 0.707. The second-order valence-corrected chi connectivity index (χ2v) is 5.09. The first kappa shape index (κ1) is 15.0. The van der Waals surface area contributed by atoms with Gasteiger partial charge in [-0.25, -0.2) is 4.98 Å². The second kappa shape index (κ2) is 7.37. The van der Waals surface area contributed by atoms with E-state index in [-0.39, 0.29) is 0 Å². The summed E-state index contributed by atoms with van der Waals surface area (Å²) in [6.07, 6.45) is 1.21. The van der Waals surface area contributed by atoms with E-state index in [4.69, 9.17) is 4.98 Å². The van der Waals surface area contributed by atoms with Gasteiger partial charge in [-0.15, -0.1) is 0 Å². The maximum atomic E-state index is 4.70. The number of rotatable bonds is 7. The van der Waals surface area contributed by atoms with Crippen LogP contribution in [-0.4, -0.2) is 25.1 Å². The molecule has 1 unspecified atom stereocenters. The van der Waals surface area contributed by atoms with Gasteiger partial charge in [-0.1, -0.05) is 33.3 Å². The Bertz CT molecular complexity index is 363. The first-order valence-electron chi connectivity index (χ1n) is 6.96. The lowest BCUT2D eigenvalue weighted by Gasteiger charge is -2.22. The predicted molar refractivity (Wildman–Crippen MR) is 79.1 cm³/mol. The van der Waals surface area contributed by atoms with E-state index in [1.54, 1.807) is 0 Å². The van der Waals surface area contributed by atoms with E-state index in [0.29, 0.717) is 5.92 Å². The van der Waals surface area contributed by atoms with Crippen LogP contribution in [0.4, 0.5) is 5.82 Å². The molecule has 0 aromatic carbocycles. The molecule has 0 spiro atoms. The third kappa shape index (κ3) is 4.30. The van der Waals surface area contributed by atoms with Gasteiger partial charge in [-0.05, 0) is 31.0 Å². The highest BCUT2D eigenvalue weighted by Gasteiger charge is 2.08. The van der Waals surface area contributed by atoms with Crippen LogP contribution in [0.15, 0.2) is 12.1 Å². The monoisotopic (exact) mass is 249 g/mol. The van der Waals surface area contributed by atoms with Crippen molar-refractivity contribution in [1.29, 1.82) is 0 Å². The number of pyridine rings is 1. The van der Waals surface area contributed by atoms with Gasteiger partial charge in [0.2, 0.25) is 0 Å². The number of hydrogen-bond donors (Lipinski definition) is 1. The van der Waals surface area contributed by atoms with Crippen molar-refractivity contribution in [2.75, 3.05) is 25.0 Å². The second-order valence-electron chi connectivity index (χ2n) is 5.09. The van der Waals surface area contributed by atoms with Crippen LogP contribution in [0.25, 0.3) is 0 Å². The Hall–Kier alpha value is -1.09. The van der Waals surface area contributed by atoms with Crippen molar-refractivity contribution in [3.05, 3.63) is 23.4 Å². The summed E-state index contributed by atoms with van der Waals surface area (Å²) in [7, 11) is 2.12. The van der Waals surface area contributed by atoms with Crippen LogP contribution < -0.4 is 10.2 Å². The zero-order valence-electron chi connectivity index (χ0n) is 12.5. The van der Waals surface area contributed by atoms with Crippen molar-refractivity contribution in [2.45, 2.75) is 40.7 Å². The van der Waals surface area contributed by atoms with E-state index < -0.39 is 0 Å². The Morgan fingerprint density at radius 3 is 2.61 bits per heavy atom. The minimum Gasteiger partial charge on any atom is -0.359 e. The molecule has 0 radical (unpaired) electrons. The number of aryl methyl sites for hydroxylation is 1. The molecular formula is C15H27N3. The molecule has 3 heteroatoms. The summed E-state index contributed by atoms with van der Waals surface area (Å²) in [5.74, 6) is 1.78. The summed E-state index contributed by atoms with van der Waals surface area (Å²) in [4.78, 5) is 6.95. The minimum atomic E-state index is 0.707. The SMILES string of the molecule is CCNCc1ccc(N(C)CC(C)CC)nc1C. The van der Waals surface area contributed by atoms with Crippen LogP contribution in [0.5, 0.6) is 0 Å². The first-order chi connectivity index (χ1) is 8.58. The van der Waals surface area contributed by atoms with E-state index in [1.807, 2.05) is 0 Å². The normalized spacial score (nSPS) is 12.5. The van der Waals surface area contributed by atoms with Crippen LogP contribution in [0.1, 0.15) is 38.4 Å². The summed E-state index contributed by atoms with van der Waals surface area (Å²) in [6, 6.07) is 4.31. The zero-order chi connectivity index (χ0) is 13.5. The molecular weight excluding hydrogens is 222 g/mol. The predicted octanol–water partition coefficient (Wildman–Crippen LogP) is 2.98. The van der Waals surface area contributed by atoms with Gasteiger partial charge in [0.15, 0.2) is 0 Å². The molecule has 1 heterocycles. The highest BCUT2D eigenvalue weighted by molar-refractivity contribution is 5.40. The molecule has 1 atom stereocenters. The molecule has 102 valence electrons. The van der Waals surface area contributed by atoms with Gasteiger partial charge in [0.05, 0.1) is 0 Å². The van der Waals surface area contributed by atoms with Gasteiger partial charge in [0.1, 0.15) is 5.82 Å². The third-order valence-electron chi connectivity index (χ3n) is 3.42. The van der Waals surface area contributed by atoms with Crippen LogP contribution in [0.3, 0.4) is 0 Å². The van der Waals surface area contributed by atoms with Crippen molar-refractivity contribution in [3.8, 4) is 0 Å². The summed E-state index contributed by atoms with van der Waals surface area (Å²) in [5, 5.41) is 3.34. The Morgan fingerprint density at radius 2 is 2.06 bits per heavy atom. The molecule has 1 rings (SSSR count). The Balaban J connectivity index is 2.70. The molecule has 1 aromatic heterocycles. The van der Waals surface area contributed by atoms with Gasteiger partial charge in [-0.2, -0.15) is 0 Å². The molecule has 1 aromatic rings. The van der Waals surface area contributed by atoms with Gasteiger partial charge >= 0.3 is 0 Å². The van der Waals surface area contributed by atoms with Crippen molar-refractivity contribution < 1.29 is 0 Å². The Morgan fingerprint density at radius 1 is 1.33 bits per heavy atom. The van der Waals surface area contributed by atoms with Gasteiger partial charge in [0, 0.05) is 25.8 Å². The lowest BCUT2D eigenvalue weighted by molar-refractivity contribution is 0.557. The molecule has 0 saturated heterocycles.